The molecular formula is C13H10N10. The van der Waals surface area contributed by atoms with E-state index in [1.54, 1.807) is 37.2 Å². The Bertz CT molecular complexity index is 823. The Morgan fingerprint density at radius 3 is 1.65 bits per heavy atom. The van der Waals surface area contributed by atoms with Gasteiger partial charge >= 0.3 is 0 Å². The van der Waals surface area contributed by atoms with Crippen LogP contribution in [0, 0.1) is 0 Å². The second kappa shape index (κ2) is 5.67. The third-order valence-corrected chi connectivity index (χ3v) is 2.98. The van der Waals surface area contributed by atoms with Crippen LogP contribution >= 0.6 is 0 Å². The average Bonchev–Trinajstić information content (AvgIpc) is 3.27. The topological polar surface area (TPSA) is 135 Å². The molecule has 0 bridgehead atoms. The highest BCUT2D eigenvalue weighted by Gasteiger charge is 2.11. The lowest BCUT2D eigenvalue weighted by Crippen LogP contribution is -1.94. The van der Waals surface area contributed by atoms with Crippen molar-refractivity contribution in [2.75, 3.05) is 0 Å². The number of nitrogens with zero attached hydrogens (tertiary/aromatic N) is 8. The number of nitrogens with one attached hydrogen (secondary N) is 2. The van der Waals surface area contributed by atoms with E-state index in [4.69, 9.17) is 0 Å². The van der Waals surface area contributed by atoms with Gasteiger partial charge in [-0.05, 0) is 0 Å². The normalized spacial score (nSPS) is 10.8. The van der Waals surface area contributed by atoms with Crippen LogP contribution in [0.15, 0.2) is 37.2 Å². The van der Waals surface area contributed by atoms with Crippen LogP contribution in [0.2, 0.25) is 0 Å². The average molecular weight is 306 g/mol. The first-order valence-electron chi connectivity index (χ1n) is 6.74. The molecule has 0 aromatic carbocycles. The molecule has 0 saturated heterocycles. The largest absolute Gasteiger partial charge is 0.262 e. The molecule has 0 radical (unpaired) electrons. The number of H-pyrrole nitrogens is 2. The summed E-state index contributed by atoms with van der Waals surface area (Å²) < 4.78 is 0. The van der Waals surface area contributed by atoms with Gasteiger partial charge < -0.3 is 0 Å². The second-order valence-corrected chi connectivity index (χ2v) is 4.57. The van der Waals surface area contributed by atoms with Gasteiger partial charge in [0.05, 0.1) is 18.8 Å². The van der Waals surface area contributed by atoms with E-state index in [0.29, 0.717) is 41.1 Å². The summed E-state index contributed by atoms with van der Waals surface area (Å²) in [7, 11) is 0. The van der Waals surface area contributed by atoms with E-state index in [9.17, 15) is 0 Å². The van der Waals surface area contributed by atoms with Gasteiger partial charge in [-0.1, -0.05) is 0 Å². The molecular weight excluding hydrogens is 296 g/mol. The predicted octanol–water partition coefficient (Wildman–Crippen LogP) is 0.428. The Kier molecular flexibility index (Phi) is 3.24. The zero-order chi connectivity index (χ0) is 15.5. The third-order valence-electron chi connectivity index (χ3n) is 2.98. The van der Waals surface area contributed by atoms with Crippen LogP contribution < -0.4 is 0 Å². The fourth-order valence-electron chi connectivity index (χ4n) is 1.97. The van der Waals surface area contributed by atoms with Crippen molar-refractivity contribution in [2.24, 2.45) is 0 Å². The number of hydrogen-bond donors (Lipinski definition) is 2. The summed E-state index contributed by atoms with van der Waals surface area (Å²) in [5.74, 6) is 2.27. The molecule has 112 valence electrons. The van der Waals surface area contributed by atoms with Crippen molar-refractivity contribution in [3.63, 3.8) is 0 Å². The van der Waals surface area contributed by atoms with Crippen molar-refractivity contribution < 1.29 is 0 Å². The number of aromatic amines is 2. The Morgan fingerprint density at radius 2 is 1.22 bits per heavy atom. The smallest absolute Gasteiger partial charge is 0.201 e. The standard InChI is InChI=1S/C13H10N10/c1-3-16-8(6-14-1)12-18-10(20-22-12)5-11-19-13(23-21-11)9-7-15-2-4-17-9/h1-4,6-7H,5H2,(H,18,20,22)(H,19,21,23). The summed E-state index contributed by atoms with van der Waals surface area (Å²) >= 11 is 0. The van der Waals surface area contributed by atoms with Gasteiger partial charge in [-0.3, -0.25) is 20.2 Å². The fourth-order valence-corrected chi connectivity index (χ4v) is 1.97. The molecule has 10 nitrogen and oxygen atoms in total. The van der Waals surface area contributed by atoms with Gasteiger partial charge in [-0.2, -0.15) is 10.2 Å². The van der Waals surface area contributed by atoms with E-state index in [1.807, 2.05) is 0 Å². The van der Waals surface area contributed by atoms with Crippen LogP contribution in [0.5, 0.6) is 0 Å². The minimum atomic E-state index is 0.431. The van der Waals surface area contributed by atoms with Gasteiger partial charge in [-0.25, -0.2) is 19.9 Å². The van der Waals surface area contributed by atoms with Gasteiger partial charge in [0, 0.05) is 24.8 Å². The summed E-state index contributed by atoms with van der Waals surface area (Å²) in [6.07, 6.45) is 10.0. The zero-order valence-electron chi connectivity index (χ0n) is 11.7. The van der Waals surface area contributed by atoms with Crippen LogP contribution in [-0.2, 0) is 6.42 Å². The third kappa shape index (κ3) is 2.77. The molecule has 0 unspecified atom stereocenters. The quantitative estimate of drug-likeness (QED) is 0.554. The lowest BCUT2D eigenvalue weighted by Gasteiger charge is -1.91. The Labute approximate surface area is 129 Å². The fraction of sp³-hybridized carbons (Fsp3) is 0.0769. The summed E-state index contributed by atoms with van der Waals surface area (Å²) in [6.45, 7) is 0. The lowest BCUT2D eigenvalue weighted by molar-refractivity contribution is 0.899. The van der Waals surface area contributed by atoms with Gasteiger partial charge in [0.25, 0.3) is 0 Å². The molecule has 0 saturated carbocycles. The minimum Gasteiger partial charge on any atom is -0.262 e. The van der Waals surface area contributed by atoms with Crippen molar-refractivity contribution in [1.29, 1.82) is 0 Å². The molecule has 4 aromatic heterocycles. The van der Waals surface area contributed by atoms with Gasteiger partial charge in [0.2, 0.25) is 11.6 Å². The van der Waals surface area contributed by atoms with E-state index >= 15 is 0 Å². The number of hydrogen-bond acceptors (Lipinski definition) is 8. The van der Waals surface area contributed by atoms with Crippen molar-refractivity contribution in [2.45, 2.75) is 6.42 Å². The summed E-state index contributed by atoms with van der Waals surface area (Å²) in [5.41, 5.74) is 1.21. The maximum Gasteiger partial charge on any atom is 0.201 e. The van der Waals surface area contributed by atoms with Gasteiger partial charge in [0.15, 0.2) is 0 Å². The Hall–Kier alpha value is -3.56. The van der Waals surface area contributed by atoms with Crippen LogP contribution in [0.1, 0.15) is 11.6 Å². The van der Waals surface area contributed by atoms with E-state index in [1.165, 1.54) is 0 Å². The Morgan fingerprint density at radius 1 is 0.696 bits per heavy atom. The molecule has 0 fully saturated rings. The van der Waals surface area contributed by atoms with Crippen LogP contribution in [0.25, 0.3) is 23.0 Å². The minimum absolute atomic E-state index is 0.431. The highest BCUT2D eigenvalue weighted by molar-refractivity contribution is 5.47. The second-order valence-electron chi connectivity index (χ2n) is 4.57. The van der Waals surface area contributed by atoms with Crippen molar-refractivity contribution >= 4 is 0 Å². The molecule has 23 heavy (non-hydrogen) atoms. The van der Waals surface area contributed by atoms with Crippen LogP contribution in [0.4, 0.5) is 0 Å². The van der Waals surface area contributed by atoms with Gasteiger partial charge in [-0.15, -0.1) is 0 Å². The monoisotopic (exact) mass is 306 g/mol. The van der Waals surface area contributed by atoms with Gasteiger partial charge in [0.1, 0.15) is 23.0 Å². The molecule has 10 heteroatoms. The van der Waals surface area contributed by atoms with E-state index < -0.39 is 0 Å². The van der Waals surface area contributed by atoms with Crippen LogP contribution in [-0.4, -0.2) is 50.3 Å². The SMILES string of the molecule is c1cnc(-c2n[nH]c(Cc3nc(-c4cnccn4)n[nH]3)n2)cn1. The molecule has 4 aromatic rings. The first kappa shape index (κ1) is 13.1. The van der Waals surface area contributed by atoms with Crippen LogP contribution in [0.3, 0.4) is 0 Å². The zero-order valence-corrected chi connectivity index (χ0v) is 11.7. The number of aromatic nitrogens is 10. The Balaban J connectivity index is 1.53. The van der Waals surface area contributed by atoms with Crippen molar-refractivity contribution in [1.82, 2.24) is 50.3 Å². The molecule has 4 heterocycles. The highest BCUT2D eigenvalue weighted by Crippen LogP contribution is 2.12. The number of rotatable bonds is 4. The summed E-state index contributed by atoms with van der Waals surface area (Å²) in [4.78, 5) is 25.0. The molecule has 0 aliphatic rings. The van der Waals surface area contributed by atoms with E-state index in [0.717, 1.165) is 0 Å². The molecule has 0 aliphatic carbocycles. The van der Waals surface area contributed by atoms with E-state index in [2.05, 4.69) is 50.3 Å². The first-order valence-corrected chi connectivity index (χ1v) is 6.74. The summed E-state index contributed by atoms with van der Waals surface area (Å²) in [6, 6.07) is 0. The maximum absolute atomic E-state index is 4.37. The highest BCUT2D eigenvalue weighted by atomic mass is 15.2. The predicted molar refractivity (Wildman–Crippen MR) is 77.6 cm³/mol. The summed E-state index contributed by atoms with van der Waals surface area (Å²) in [5, 5.41) is 14.0. The molecule has 4 rings (SSSR count). The first-order chi connectivity index (χ1) is 11.4. The molecule has 0 atom stereocenters. The van der Waals surface area contributed by atoms with E-state index in [-0.39, 0.29) is 0 Å². The maximum atomic E-state index is 4.37. The van der Waals surface area contributed by atoms with Crippen molar-refractivity contribution in [3.05, 3.63) is 48.8 Å². The van der Waals surface area contributed by atoms with Crippen molar-refractivity contribution in [3.8, 4) is 23.0 Å². The lowest BCUT2D eigenvalue weighted by atomic mass is 10.4. The molecule has 0 spiro atoms. The molecule has 0 aliphatic heterocycles. The molecule has 2 N–H and O–H groups in total. The molecule has 0 amide bonds.